The summed E-state index contributed by atoms with van der Waals surface area (Å²) >= 11 is 4.24. The van der Waals surface area contributed by atoms with Crippen molar-refractivity contribution >= 4 is 24.2 Å². The van der Waals surface area contributed by atoms with Gasteiger partial charge in [0.2, 0.25) is 0 Å². The van der Waals surface area contributed by atoms with Gasteiger partial charge in [0, 0.05) is 36.3 Å². The van der Waals surface area contributed by atoms with Gasteiger partial charge in [0.05, 0.1) is 0 Å². The Labute approximate surface area is 131 Å². The Hall–Kier alpha value is -1.94. The minimum absolute atomic E-state index is 0.0479. The molecular weight excluding hydrogens is 280 g/mol. The van der Waals surface area contributed by atoms with Crippen LogP contribution in [0.1, 0.15) is 16.8 Å². The average molecular weight is 300 g/mol. The predicted octanol–water partition coefficient (Wildman–Crippen LogP) is 3.23. The Kier molecular flexibility index (Phi) is 5.69. The summed E-state index contributed by atoms with van der Waals surface area (Å²) in [6.07, 6.45) is 0.900. The number of amides is 1. The number of nitrogens with zero attached hydrogens (tertiary/aromatic N) is 1. The molecule has 2 aromatic carbocycles. The quantitative estimate of drug-likeness (QED) is 0.634. The second kappa shape index (κ2) is 7.74. The van der Waals surface area contributed by atoms with Gasteiger partial charge in [-0.1, -0.05) is 24.3 Å². The lowest BCUT2D eigenvalue weighted by molar-refractivity contribution is 0.0953. The Morgan fingerprint density at radius 1 is 1.14 bits per heavy atom. The Balaban J connectivity index is 1.74. The monoisotopic (exact) mass is 300 g/mol. The molecule has 0 aliphatic heterocycles. The molecule has 0 fully saturated rings. The summed E-state index contributed by atoms with van der Waals surface area (Å²) in [7, 11) is 2.06. The molecule has 0 aliphatic rings. The molecule has 21 heavy (non-hydrogen) atoms. The second-order valence-electron chi connectivity index (χ2n) is 4.92. The van der Waals surface area contributed by atoms with E-state index in [9.17, 15) is 4.79 Å². The highest BCUT2D eigenvalue weighted by Gasteiger charge is 2.05. The molecule has 0 atom stereocenters. The summed E-state index contributed by atoms with van der Waals surface area (Å²) in [4.78, 5) is 14.9. The second-order valence-corrected chi connectivity index (χ2v) is 5.43. The number of anilines is 1. The van der Waals surface area contributed by atoms with E-state index in [0.717, 1.165) is 17.9 Å². The number of carbonyl (C=O) groups is 1. The molecule has 2 aromatic rings. The topological polar surface area (TPSA) is 32.3 Å². The molecule has 0 aromatic heterocycles. The van der Waals surface area contributed by atoms with Gasteiger partial charge in [-0.05, 0) is 36.8 Å². The maximum absolute atomic E-state index is 12.0. The van der Waals surface area contributed by atoms with Crippen LogP contribution in [-0.4, -0.2) is 26.0 Å². The minimum Gasteiger partial charge on any atom is -0.375 e. The molecule has 0 spiro atoms. The van der Waals surface area contributed by atoms with Gasteiger partial charge in [0.25, 0.3) is 5.91 Å². The van der Waals surface area contributed by atoms with E-state index in [1.807, 2.05) is 30.3 Å². The fourth-order valence-corrected chi connectivity index (χ4v) is 2.30. The van der Waals surface area contributed by atoms with Crippen molar-refractivity contribution in [2.24, 2.45) is 0 Å². The molecule has 0 radical (unpaired) electrons. The third-order valence-electron chi connectivity index (χ3n) is 3.26. The molecule has 0 aliphatic carbocycles. The number of thiol groups is 1. The van der Waals surface area contributed by atoms with Gasteiger partial charge in [-0.15, -0.1) is 12.6 Å². The van der Waals surface area contributed by atoms with Crippen molar-refractivity contribution in [3.05, 3.63) is 60.2 Å². The van der Waals surface area contributed by atoms with Crippen molar-refractivity contribution in [1.29, 1.82) is 0 Å². The number of para-hydroxylation sites is 1. The van der Waals surface area contributed by atoms with Crippen LogP contribution < -0.4 is 10.2 Å². The van der Waals surface area contributed by atoms with Gasteiger partial charge in [0.15, 0.2) is 0 Å². The van der Waals surface area contributed by atoms with Crippen molar-refractivity contribution in [2.75, 3.05) is 25.0 Å². The molecule has 0 unspecified atom stereocenters. The number of nitrogens with one attached hydrogen (secondary N) is 1. The molecule has 110 valence electrons. The Morgan fingerprint density at radius 2 is 1.90 bits per heavy atom. The first-order valence-electron chi connectivity index (χ1n) is 7.00. The third kappa shape index (κ3) is 4.83. The summed E-state index contributed by atoms with van der Waals surface area (Å²) in [5.41, 5.74) is 1.84. The lowest BCUT2D eigenvalue weighted by Gasteiger charge is -2.19. The SMILES string of the molecule is CN(CCCNC(=O)c1cccc(S)c1)c1ccccc1. The van der Waals surface area contributed by atoms with Crippen LogP contribution in [0.4, 0.5) is 5.69 Å². The van der Waals surface area contributed by atoms with Crippen molar-refractivity contribution in [1.82, 2.24) is 5.32 Å². The summed E-state index contributed by atoms with van der Waals surface area (Å²) < 4.78 is 0. The number of hydrogen-bond acceptors (Lipinski definition) is 3. The first-order chi connectivity index (χ1) is 10.2. The molecule has 4 heteroatoms. The first kappa shape index (κ1) is 15.4. The van der Waals surface area contributed by atoms with E-state index in [1.54, 1.807) is 12.1 Å². The maximum Gasteiger partial charge on any atom is 0.251 e. The Morgan fingerprint density at radius 3 is 2.62 bits per heavy atom. The van der Waals surface area contributed by atoms with E-state index in [2.05, 4.69) is 42.0 Å². The number of hydrogen-bond donors (Lipinski definition) is 2. The number of carbonyl (C=O) groups excluding carboxylic acids is 1. The fourth-order valence-electron chi connectivity index (χ4n) is 2.08. The smallest absolute Gasteiger partial charge is 0.251 e. The average Bonchev–Trinajstić information content (AvgIpc) is 2.52. The normalized spacial score (nSPS) is 10.2. The Bertz CT molecular complexity index is 586. The van der Waals surface area contributed by atoms with Crippen LogP contribution in [0.25, 0.3) is 0 Å². The first-order valence-corrected chi connectivity index (χ1v) is 7.45. The van der Waals surface area contributed by atoms with Crippen molar-refractivity contribution in [3.8, 4) is 0 Å². The van der Waals surface area contributed by atoms with E-state index in [-0.39, 0.29) is 5.91 Å². The van der Waals surface area contributed by atoms with Crippen LogP contribution in [0, 0.1) is 0 Å². The van der Waals surface area contributed by atoms with E-state index in [0.29, 0.717) is 12.1 Å². The van der Waals surface area contributed by atoms with E-state index in [4.69, 9.17) is 0 Å². The molecule has 3 nitrogen and oxygen atoms in total. The lowest BCUT2D eigenvalue weighted by atomic mass is 10.2. The molecule has 0 saturated heterocycles. The highest BCUT2D eigenvalue weighted by Crippen LogP contribution is 2.11. The van der Waals surface area contributed by atoms with Crippen molar-refractivity contribution in [2.45, 2.75) is 11.3 Å². The standard InChI is InChI=1S/C17H20N2OS/c1-19(15-8-3-2-4-9-15)12-6-11-18-17(20)14-7-5-10-16(21)13-14/h2-5,7-10,13,21H,6,11-12H2,1H3,(H,18,20). The zero-order valence-electron chi connectivity index (χ0n) is 12.1. The summed E-state index contributed by atoms with van der Waals surface area (Å²) in [5.74, 6) is -0.0479. The van der Waals surface area contributed by atoms with Crippen LogP contribution in [-0.2, 0) is 0 Å². The van der Waals surface area contributed by atoms with Crippen LogP contribution >= 0.6 is 12.6 Å². The minimum atomic E-state index is -0.0479. The molecular formula is C17H20N2OS. The van der Waals surface area contributed by atoms with Crippen LogP contribution in [0.5, 0.6) is 0 Å². The summed E-state index contributed by atoms with van der Waals surface area (Å²) in [5, 5.41) is 2.93. The van der Waals surface area contributed by atoms with Crippen LogP contribution in [0.3, 0.4) is 0 Å². The van der Waals surface area contributed by atoms with Crippen LogP contribution in [0.2, 0.25) is 0 Å². The maximum atomic E-state index is 12.0. The summed E-state index contributed by atoms with van der Waals surface area (Å²) in [6.45, 7) is 1.56. The van der Waals surface area contributed by atoms with Crippen LogP contribution in [0.15, 0.2) is 59.5 Å². The largest absolute Gasteiger partial charge is 0.375 e. The number of rotatable bonds is 6. The summed E-state index contributed by atoms with van der Waals surface area (Å²) in [6, 6.07) is 17.5. The highest BCUT2D eigenvalue weighted by molar-refractivity contribution is 7.80. The van der Waals surface area contributed by atoms with Gasteiger partial charge in [-0.25, -0.2) is 0 Å². The van der Waals surface area contributed by atoms with E-state index < -0.39 is 0 Å². The molecule has 2 rings (SSSR count). The molecule has 0 saturated carbocycles. The highest BCUT2D eigenvalue weighted by atomic mass is 32.1. The van der Waals surface area contributed by atoms with Crippen molar-refractivity contribution < 1.29 is 4.79 Å². The lowest BCUT2D eigenvalue weighted by Crippen LogP contribution is -2.28. The van der Waals surface area contributed by atoms with Gasteiger partial charge in [-0.3, -0.25) is 4.79 Å². The third-order valence-corrected chi connectivity index (χ3v) is 3.54. The number of benzene rings is 2. The molecule has 0 heterocycles. The van der Waals surface area contributed by atoms with Gasteiger partial charge in [-0.2, -0.15) is 0 Å². The van der Waals surface area contributed by atoms with E-state index in [1.165, 1.54) is 5.69 Å². The van der Waals surface area contributed by atoms with E-state index >= 15 is 0 Å². The molecule has 1 amide bonds. The fraction of sp³-hybridized carbons (Fsp3) is 0.235. The molecule has 0 bridgehead atoms. The van der Waals surface area contributed by atoms with Gasteiger partial charge >= 0.3 is 0 Å². The molecule has 1 N–H and O–H groups in total. The predicted molar refractivity (Wildman–Crippen MR) is 90.4 cm³/mol. The van der Waals surface area contributed by atoms with Crippen molar-refractivity contribution in [3.63, 3.8) is 0 Å². The zero-order chi connectivity index (χ0) is 15.1. The van der Waals surface area contributed by atoms with Gasteiger partial charge < -0.3 is 10.2 Å². The zero-order valence-corrected chi connectivity index (χ0v) is 13.0. The van der Waals surface area contributed by atoms with Gasteiger partial charge in [0.1, 0.15) is 0 Å².